The Balaban J connectivity index is 0.000000921. The van der Waals surface area contributed by atoms with Crippen LogP contribution in [-0.4, -0.2) is 17.5 Å². The molecule has 0 saturated carbocycles. The summed E-state index contributed by atoms with van der Waals surface area (Å²) in [7, 11) is 0. The molecule has 2 aromatic rings. The molecule has 0 bridgehead atoms. The van der Waals surface area contributed by atoms with Gasteiger partial charge in [0.2, 0.25) is 5.78 Å². The molecule has 0 amide bonds. The van der Waals surface area contributed by atoms with Gasteiger partial charge in [-0.05, 0) is 38.1 Å². The first-order valence-electron chi connectivity index (χ1n) is 9.61. The quantitative estimate of drug-likeness (QED) is 0.758. The number of hydrogen-bond acceptors (Lipinski definition) is 4. The standard InChI is InChI=1S/C19H18N4O.2C2H6/c1-12-3-7-14(8-4-12)21-16-11-17(24)18(20)23-19(16)22-15-9-5-13(2)6-10-15;2*1-2/h3-11,21H,1-2H3,(H2,20,22,23);2*1-2H3. The number of nitrogens with two attached hydrogens (primary N) is 1. The largest absolute Gasteiger partial charge is 0.380 e. The second kappa shape index (κ2) is 11.5. The predicted octanol–water partition coefficient (Wildman–Crippen LogP) is 5.32. The molecule has 0 atom stereocenters. The number of dihydropyridines is 1. The number of aryl methyl sites for hydroxylation is 2. The SMILES string of the molecule is CC.CC.Cc1ccc(N=C2N=C(N)C(=O)C=C2Nc2ccc(C)cc2)cc1. The number of anilines is 1. The topological polar surface area (TPSA) is 79.8 Å². The second-order valence-electron chi connectivity index (χ2n) is 5.68. The number of hydrogen-bond donors (Lipinski definition) is 2. The first-order chi connectivity index (χ1) is 13.5. The van der Waals surface area contributed by atoms with Gasteiger partial charge in [-0.25, -0.2) is 9.98 Å². The highest BCUT2D eigenvalue weighted by Crippen LogP contribution is 2.19. The van der Waals surface area contributed by atoms with E-state index >= 15 is 0 Å². The van der Waals surface area contributed by atoms with Crippen molar-refractivity contribution in [2.24, 2.45) is 15.7 Å². The molecule has 3 N–H and O–H groups in total. The molecule has 5 nitrogen and oxygen atoms in total. The fourth-order valence-electron chi connectivity index (χ4n) is 2.21. The Morgan fingerprint density at radius 3 is 1.89 bits per heavy atom. The molecular weight excluding hydrogens is 348 g/mol. The van der Waals surface area contributed by atoms with Gasteiger partial charge < -0.3 is 11.1 Å². The summed E-state index contributed by atoms with van der Waals surface area (Å²) in [5.74, 6) is -0.000635. The zero-order valence-corrected chi connectivity index (χ0v) is 17.6. The molecule has 5 heteroatoms. The van der Waals surface area contributed by atoms with E-state index < -0.39 is 0 Å². The number of rotatable bonds is 3. The Bertz CT molecular complexity index is 860. The Morgan fingerprint density at radius 2 is 1.36 bits per heavy atom. The first-order valence-corrected chi connectivity index (χ1v) is 9.61. The van der Waals surface area contributed by atoms with Crippen molar-refractivity contribution in [2.45, 2.75) is 41.5 Å². The van der Waals surface area contributed by atoms with Gasteiger partial charge in [0.05, 0.1) is 11.4 Å². The van der Waals surface area contributed by atoms with Crippen LogP contribution in [0.4, 0.5) is 11.4 Å². The Hall–Kier alpha value is -3.21. The van der Waals surface area contributed by atoms with Crippen molar-refractivity contribution >= 4 is 28.8 Å². The van der Waals surface area contributed by atoms with E-state index in [4.69, 9.17) is 5.73 Å². The highest BCUT2D eigenvalue weighted by atomic mass is 16.1. The number of carbonyl (C=O) groups excluding carboxylic acids is 1. The van der Waals surface area contributed by atoms with Crippen molar-refractivity contribution in [1.82, 2.24) is 0 Å². The molecule has 3 rings (SSSR count). The average molecular weight is 379 g/mol. The van der Waals surface area contributed by atoms with Gasteiger partial charge in [0.1, 0.15) is 0 Å². The van der Waals surface area contributed by atoms with Crippen LogP contribution in [-0.2, 0) is 4.79 Å². The Morgan fingerprint density at radius 1 is 0.857 bits per heavy atom. The van der Waals surface area contributed by atoms with Gasteiger partial charge in [0.15, 0.2) is 11.7 Å². The average Bonchev–Trinajstić information content (AvgIpc) is 2.72. The lowest BCUT2D eigenvalue weighted by molar-refractivity contribution is -0.109. The molecule has 1 aliphatic heterocycles. The second-order valence-corrected chi connectivity index (χ2v) is 5.68. The van der Waals surface area contributed by atoms with Gasteiger partial charge in [0, 0.05) is 11.8 Å². The number of benzene rings is 2. The van der Waals surface area contributed by atoms with Gasteiger partial charge in [0.25, 0.3) is 0 Å². The lowest BCUT2D eigenvalue weighted by Gasteiger charge is -2.15. The van der Waals surface area contributed by atoms with Crippen molar-refractivity contribution in [3.63, 3.8) is 0 Å². The van der Waals surface area contributed by atoms with E-state index in [-0.39, 0.29) is 11.6 Å². The molecule has 28 heavy (non-hydrogen) atoms. The monoisotopic (exact) mass is 378 g/mol. The van der Waals surface area contributed by atoms with Crippen LogP contribution in [0.2, 0.25) is 0 Å². The molecule has 0 aliphatic carbocycles. The van der Waals surface area contributed by atoms with Crippen LogP contribution in [0.15, 0.2) is 70.3 Å². The molecule has 0 spiro atoms. The van der Waals surface area contributed by atoms with Gasteiger partial charge in [-0.3, -0.25) is 4.79 Å². The van der Waals surface area contributed by atoms with Crippen LogP contribution in [0.25, 0.3) is 0 Å². The maximum atomic E-state index is 11.9. The van der Waals surface area contributed by atoms with E-state index in [1.807, 2.05) is 90.1 Å². The van der Waals surface area contributed by atoms with Crippen LogP contribution in [0, 0.1) is 13.8 Å². The highest BCUT2D eigenvalue weighted by Gasteiger charge is 2.18. The van der Waals surface area contributed by atoms with Gasteiger partial charge >= 0.3 is 0 Å². The number of ketones is 1. The summed E-state index contributed by atoms with van der Waals surface area (Å²) in [6.07, 6.45) is 1.43. The first kappa shape index (κ1) is 22.8. The normalized spacial score (nSPS) is 14.1. The van der Waals surface area contributed by atoms with Gasteiger partial charge in [-0.1, -0.05) is 63.1 Å². The van der Waals surface area contributed by atoms with Crippen molar-refractivity contribution < 1.29 is 4.79 Å². The Kier molecular flexibility index (Phi) is 9.37. The van der Waals surface area contributed by atoms with Crippen LogP contribution >= 0.6 is 0 Å². The minimum atomic E-state index is -0.326. The zero-order chi connectivity index (χ0) is 21.1. The summed E-state index contributed by atoms with van der Waals surface area (Å²) in [5.41, 5.74) is 10.1. The molecule has 0 radical (unpaired) electrons. The van der Waals surface area contributed by atoms with E-state index in [1.54, 1.807) is 0 Å². The zero-order valence-electron chi connectivity index (χ0n) is 17.6. The number of amidine groups is 2. The molecule has 2 aromatic carbocycles. The molecular formula is C23H30N4O. The van der Waals surface area contributed by atoms with Crippen molar-refractivity contribution in [1.29, 1.82) is 0 Å². The summed E-state index contributed by atoms with van der Waals surface area (Å²) < 4.78 is 0. The molecule has 148 valence electrons. The maximum Gasteiger partial charge on any atom is 0.222 e. The molecule has 0 saturated heterocycles. The summed E-state index contributed by atoms with van der Waals surface area (Å²) >= 11 is 0. The fraction of sp³-hybridized carbons (Fsp3) is 0.261. The number of nitrogens with one attached hydrogen (secondary N) is 1. The third-order valence-corrected chi connectivity index (χ3v) is 3.59. The van der Waals surface area contributed by atoms with E-state index in [9.17, 15) is 4.79 Å². The summed E-state index contributed by atoms with van der Waals surface area (Å²) in [6, 6.07) is 15.6. The summed E-state index contributed by atoms with van der Waals surface area (Å²) in [4.78, 5) is 20.5. The molecule has 0 unspecified atom stereocenters. The maximum absolute atomic E-state index is 11.9. The lowest BCUT2D eigenvalue weighted by atomic mass is 10.2. The van der Waals surface area contributed by atoms with Crippen molar-refractivity contribution in [2.75, 3.05) is 5.32 Å². The summed E-state index contributed by atoms with van der Waals surface area (Å²) in [6.45, 7) is 12.0. The number of aliphatic imine (C=N–C) groups is 2. The molecule has 0 fully saturated rings. The van der Waals surface area contributed by atoms with Crippen LogP contribution in [0.1, 0.15) is 38.8 Å². The van der Waals surface area contributed by atoms with Crippen LogP contribution < -0.4 is 11.1 Å². The van der Waals surface area contributed by atoms with E-state index in [0.717, 1.165) is 22.5 Å². The minimum absolute atomic E-state index is 0.0599. The Labute approximate surface area is 168 Å². The number of nitrogens with zero attached hydrogens (tertiary/aromatic N) is 2. The smallest absolute Gasteiger partial charge is 0.222 e. The predicted molar refractivity (Wildman–Crippen MR) is 120 cm³/mol. The van der Waals surface area contributed by atoms with E-state index in [2.05, 4.69) is 15.3 Å². The third kappa shape index (κ3) is 6.50. The van der Waals surface area contributed by atoms with E-state index in [0.29, 0.717) is 11.5 Å². The number of carbonyl (C=O) groups is 1. The highest BCUT2D eigenvalue weighted by molar-refractivity contribution is 6.47. The molecule has 0 aromatic heterocycles. The van der Waals surface area contributed by atoms with Crippen molar-refractivity contribution in [3.05, 3.63) is 71.4 Å². The van der Waals surface area contributed by atoms with Gasteiger partial charge in [-0.2, -0.15) is 0 Å². The fourth-order valence-corrected chi connectivity index (χ4v) is 2.21. The molecule has 1 heterocycles. The van der Waals surface area contributed by atoms with E-state index in [1.165, 1.54) is 6.08 Å². The van der Waals surface area contributed by atoms with Crippen molar-refractivity contribution in [3.8, 4) is 0 Å². The van der Waals surface area contributed by atoms with Crippen LogP contribution in [0.5, 0.6) is 0 Å². The van der Waals surface area contributed by atoms with Gasteiger partial charge in [-0.15, -0.1) is 0 Å². The molecule has 1 aliphatic rings. The lowest BCUT2D eigenvalue weighted by Crippen LogP contribution is -2.30. The van der Waals surface area contributed by atoms with Crippen LogP contribution in [0.3, 0.4) is 0 Å². The minimum Gasteiger partial charge on any atom is -0.380 e. The summed E-state index contributed by atoms with van der Waals surface area (Å²) in [5, 5.41) is 3.19. The third-order valence-electron chi connectivity index (χ3n) is 3.59.